The van der Waals surface area contributed by atoms with Crippen molar-refractivity contribution in [3.63, 3.8) is 0 Å². The summed E-state index contributed by atoms with van der Waals surface area (Å²) < 4.78 is 24.7. The number of aromatic nitrogens is 1. The number of halogens is 2. The number of aryl methyl sites for hydroxylation is 3. The zero-order chi connectivity index (χ0) is 52.6. The van der Waals surface area contributed by atoms with Gasteiger partial charge in [-0.1, -0.05) is 141 Å². The number of unbranched alkanes of at least 4 members (excludes halogenated alkanes) is 2. The van der Waals surface area contributed by atoms with E-state index >= 15 is 0 Å². The number of piperidine rings is 2. The number of carbonyl (C=O) groups is 2. The van der Waals surface area contributed by atoms with Crippen LogP contribution in [0.4, 0.5) is 14.5 Å². The van der Waals surface area contributed by atoms with Crippen molar-refractivity contribution in [1.29, 1.82) is 0 Å². The fraction of sp³-hybridized carbons (Fsp3) is 0.691. The van der Waals surface area contributed by atoms with Crippen LogP contribution in [-0.2, 0) is 9.59 Å². The molecule has 0 amide bonds. The van der Waals surface area contributed by atoms with Gasteiger partial charge in [0.05, 0.1) is 11.2 Å². The monoisotopic (exact) mass is 938 g/mol. The smallest absolute Gasteiger partial charge is 0.187 e. The van der Waals surface area contributed by atoms with Crippen molar-refractivity contribution in [2.75, 3.05) is 70.9 Å². The molecule has 0 spiro atoms. The number of hydrogen-bond donors (Lipinski definition) is 2. The number of phenols is 1. The number of pyridine rings is 1. The maximum Gasteiger partial charge on any atom is 0.187 e. The highest BCUT2D eigenvalue weighted by molar-refractivity contribution is 5.93. The summed E-state index contributed by atoms with van der Waals surface area (Å²) in [6.07, 6.45) is 12.7. The number of hydrogen-bond acceptors (Lipinski definition) is 9. The van der Waals surface area contributed by atoms with Gasteiger partial charge in [-0.2, -0.15) is 0 Å². The highest BCUT2D eigenvalue weighted by Gasteiger charge is 2.32. The Bertz CT molecular complexity index is 1430. The predicted molar refractivity (Wildman–Crippen MR) is 288 cm³/mol. The van der Waals surface area contributed by atoms with Gasteiger partial charge in [0.25, 0.3) is 0 Å². The van der Waals surface area contributed by atoms with E-state index in [-0.39, 0.29) is 0 Å². The predicted octanol–water partition coefficient (Wildman–Crippen LogP) is 13.9. The summed E-state index contributed by atoms with van der Waals surface area (Å²) in [6.45, 7) is 52.1. The molecule has 3 aromatic rings. The van der Waals surface area contributed by atoms with E-state index in [2.05, 4.69) is 97.4 Å². The minimum absolute atomic E-state index is 0.452. The van der Waals surface area contributed by atoms with Crippen molar-refractivity contribution < 1.29 is 28.6 Å². The Morgan fingerprint density at radius 2 is 1.00 bits per heavy atom. The van der Waals surface area contributed by atoms with Crippen molar-refractivity contribution in [1.82, 2.24) is 19.7 Å². The van der Waals surface area contributed by atoms with E-state index < -0.39 is 17.4 Å². The summed E-state index contributed by atoms with van der Waals surface area (Å²) in [7, 11) is 1.00. The van der Waals surface area contributed by atoms with E-state index in [0.29, 0.717) is 5.56 Å². The Labute approximate surface area is 406 Å². The zero-order valence-electron chi connectivity index (χ0n) is 46.3. The molecule has 3 aliphatic heterocycles. The fourth-order valence-electron chi connectivity index (χ4n) is 7.37. The van der Waals surface area contributed by atoms with Crippen LogP contribution < -0.4 is 4.90 Å². The third-order valence-electron chi connectivity index (χ3n) is 10.2. The first-order valence-electron chi connectivity index (χ1n) is 25.5. The lowest BCUT2D eigenvalue weighted by molar-refractivity contribution is -0.0987. The largest absolute Gasteiger partial charge is 0.503 e. The number of piperazine rings is 1. The number of carbonyl (C=O) groups excluding carboxylic acids is 2. The first-order valence-corrected chi connectivity index (χ1v) is 25.5. The highest BCUT2D eigenvalue weighted by Crippen LogP contribution is 2.33. The number of benzene rings is 2. The number of rotatable bonds is 6. The molecule has 3 aliphatic rings. The van der Waals surface area contributed by atoms with Crippen LogP contribution in [0.2, 0.25) is 0 Å². The maximum atomic E-state index is 12.4. The molecular formula is C55H105F2N5O4. The molecule has 0 unspecified atom stereocenters. The zero-order valence-corrected chi connectivity index (χ0v) is 46.3. The molecule has 0 saturated carbocycles. The molecule has 388 valence electrons. The second-order valence-corrected chi connectivity index (χ2v) is 14.4. The molecule has 2 N–H and O–H groups in total. The van der Waals surface area contributed by atoms with Gasteiger partial charge in [0, 0.05) is 70.0 Å². The van der Waals surface area contributed by atoms with Crippen molar-refractivity contribution in [3.8, 4) is 5.75 Å². The van der Waals surface area contributed by atoms with E-state index in [9.17, 15) is 8.78 Å². The van der Waals surface area contributed by atoms with Crippen molar-refractivity contribution in [2.24, 2.45) is 0 Å². The van der Waals surface area contributed by atoms with Crippen LogP contribution in [0.15, 0.2) is 36.5 Å². The second-order valence-electron chi connectivity index (χ2n) is 14.4. The Kier molecular flexibility index (Phi) is 58.9. The van der Waals surface area contributed by atoms with E-state index in [1.807, 2.05) is 82.8 Å². The Morgan fingerprint density at radius 3 is 1.38 bits per heavy atom. The number of aliphatic hydroxyl groups is 1. The molecule has 1 aromatic heterocycles. The normalized spacial score (nSPS) is 14.4. The van der Waals surface area contributed by atoms with Gasteiger partial charge in [-0.05, 0) is 101 Å². The average Bonchev–Trinajstić information content (AvgIpc) is 3.39. The number of likely N-dealkylation sites (N-methyl/N-ethyl adjacent to an activating group) is 1. The maximum absolute atomic E-state index is 12.4. The topological polar surface area (TPSA) is 100 Å². The molecule has 4 heterocycles. The lowest BCUT2D eigenvalue weighted by atomic mass is 9.95. The van der Waals surface area contributed by atoms with Crippen molar-refractivity contribution in [3.05, 3.63) is 64.9 Å². The van der Waals surface area contributed by atoms with E-state index in [1.165, 1.54) is 119 Å². The van der Waals surface area contributed by atoms with Crippen molar-refractivity contribution >= 4 is 30.2 Å². The molecule has 3 fully saturated rings. The minimum Gasteiger partial charge on any atom is -0.503 e. The summed E-state index contributed by atoms with van der Waals surface area (Å²) in [4.78, 5) is 31.5. The molecule has 3 saturated heterocycles. The summed E-state index contributed by atoms with van der Waals surface area (Å²) in [5.74, 6) is -2.75. The summed E-state index contributed by atoms with van der Waals surface area (Å²) in [6, 6.07) is 10.4. The highest BCUT2D eigenvalue weighted by atomic mass is 19.1. The van der Waals surface area contributed by atoms with Crippen molar-refractivity contribution in [2.45, 2.75) is 188 Å². The van der Waals surface area contributed by atoms with Gasteiger partial charge in [0.1, 0.15) is 13.6 Å². The third-order valence-corrected chi connectivity index (χ3v) is 10.2. The quantitative estimate of drug-likeness (QED) is 0.250. The molecule has 11 heteroatoms. The number of aliphatic hydroxyl groups excluding tert-OH is 1. The van der Waals surface area contributed by atoms with E-state index in [4.69, 9.17) is 19.8 Å². The van der Waals surface area contributed by atoms with Crippen LogP contribution in [0.3, 0.4) is 0 Å². The minimum atomic E-state index is -0.919. The van der Waals surface area contributed by atoms with E-state index in [0.717, 1.165) is 49.9 Å². The van der Waals surface area contributed by atoms with Gasteiger partial charge in [0.2, 0.25) is 0 Å². The summed E-state index contributed by atoms with van der Waals surface area (Å²) in [5.41, 5.74) is 5.63. The molecule has 0 atom stereocenters. The van der Waals surface area contributed by atoms with Crippen LogP contribution in [0, 0.1) is 32.4 Å². The lowest BCUT2D eigenvalue weighted by Crippen LogP contribution is -2.55. The number of likely N-dealkylation sites (tertiary alicyclic amines) is 1. The SMILES string of the molecule is C=O.C=O.CC.CC.CC.CC.CC.CCC.CCCCC.CCN1CCN(C2CCN(C3CCN(c4c(C)cnc5ccc(C)cc45)CC3)CC2)CC1.CO.Cc1cc(F)c(O)c(F)c1. The third kappa shape index (κ3) is 30.0. The standard InChI is InChI=1S/C27H41N5.C7H6F2O.C5H12.C3H8.5C2H6.CH4O.2CH2O/c1-4-29-15-17-31(18-16-29)24-7-11-30(12-8-24)23-9-13-32(14-10-23)27-22(3)20-28-26-6-5-21(2)19-25(26)27;1-4-2-5(8)7(10)6(9)3-4;1-3-5-4-2;1-3-2;8*1-2/h5-6,19-20,23-24H,4,7-18H2,1-3H3;2-3,10H,1H3;3-5H2,1-2H3;3H2,1-2H3;5*1-2H3;2H,1H3;2*1H2. The number of nitrogens with zero attached hydrogens (tertiary/aromatic N) is 5. The molecule has 0 bridgehead atoms. The Balaban J connectivity index is -0.000000219. The number of fused-ring (bicyclic) bond motifs is 1. The molecule has 0 radical (unpaired) electrons. The molecule has 2 aromatic carbocycles. The summed E-state index contributed by atoms with van der Waals surface area (Å²) >= 11 is 0. The van der Waals surface area contributed by atoms with Crippen LogP contribution in [-0.4, -0.2) is 122 Å². The van der Waals surface area contributed by atoms with E-state index in [1.54, 1.807) is 6.92 Å². The Hall–Kier alpha value is -3.51. The second kappa shape index (κ2) is 52.5. The Morgan fingerprint density at radius 1 is 0.606 bits per heavy atom. The van der Waals surface area contributed by atoms with Crippen LogP contribution in [0.1, 0.15) is 172 Å². The van der Waals surface area contributed by atoms with Gasteiger partial charge >= 0.3 is 0 Å². The van der Waals surface area contributed by atoms with Gasteiger partial charge < -0.3 is 34.5 Å². The number of anilines is 1. The van der Waals surface area contributed by atoms with Gasteiger partial charge in [-0.15, -0.1) is 0 Å². The average molecular weight is 938 g/mol. The molecule has 6 rings (SSSR count). The van der Waals surface area contributed by atoms with Crippen LogP contribution in [0.25, 0.3) is 10.9 Å². The van der Waals surface area contributed by atoms with Crippen LogP contribution >= 0.6 is 0 Å². The first kappa shape index (κ1) is 74.0. The van der Waals surface area contributed by atoms with Gasteiger partial charge in [0.15, 0.2) is 17.4 Å². The lowest BCUT2D eigenvalue weighted by Gasteiger charge is -2.46. The first-order chi connectivity index (χ1) is 32.1. The molecule has 9 nitrogen and oxygen atoms in total. The summed E-state index contributed by atoms with van der Waals surface area (Å²) in [5, 5.41) is 16.9. The van der Waals surface area contributed by atoms with Crippen LogP contribution in [0.5, 0.6) is 5.75 Å². The molecule has 0 aliphatic carbocycles. The molecular weight excluding hydrogens is 833 g/mol. The van der Waals surface area contributed by atoms with Gasteiger partial charge in [-0.25, -0.2) is 8.78 Å². The number of aromatic hydroxyl groups is 1. The molecule has 66 heavy (non-hydrogen) atoms. The van der Waals surface area contributed by atoms with Gasteiger partial charge in [-0.3, -0.25) is 9.88 Å². The fourth-order valence-corrected chi connectivity index (χ4v) is 7.37. The number of phenolic OH excluding ortho intramolecular Hbond substituents is 1.